The van der Waals surface area contributed by atoms with Gasteiger partial charge < -0.3 is 87.7 Å². The van der Waals surface area contributed by atoms with Gasteiger partial charge in [0.2, 0.25) is 35.4 Å². The Bertz CT molecular complexity index is 5310. The summed E-state index contributed by atoms with van der Waals surface area (Å²) in [5.74, 6) is -1.54. The SMILES string of the molecule is C[C@@H]1[C@@H]2CN(C(=O)[C@H](C(C)(C)C)NC(=O)O[C@@H]3CCC[C@H]3CCCCCc3nc4ccc(OCC(F)(F)F)cc4nc3O2)[C@@H]1[C-]=O.C[C@@H]1[C@@H]2CN(C(=O)[C@H](C(C)(C)C)NC(=O)O[C@@H]3C[C@H]3CCCCCc3nc4ccc(OCC(F)(F)F)cc4nc3O2)[C@@H]1[C-]=O.C[C@@H]1[C@@H]2CN(C(=O)[C@H](C(C)(C)C)NC(=O)O[C@]3(C)C[C@H]3CCCCCc3nc4ccc(OCC(F)(F)F)cc4nc3O2)[C@@H]1[C-]=O.[V].[V].[V]. The van der Waals surface area contributed by atoms with Gasteiger partial charge in [-0.25, -0.2) is 63.1 Å². The van der Waals surface area contributed by atoms with Gasteiger partial charge in [-0.2, -0.15) is 39.5 Å². The number of alkyl carbamates (subject to hydrolysis) is 3. The van der Waals surface area contributed by atoms with Gasteiger partial charge in [-0.15, -0.1) is 0 Å². The Kier molecular flexibility index (Phi) is 36.8. The molecule has 6 bridgehead atoms. The van der Waals surface area contributed by atoms with Gasteiger partial charge in [-0.1, -0.05) is 140 Å². The van der Waals surface area contributed by atoms with E-state index < -0.39 is 169 Å². The summed E-state index contributed by atoms with van der Waals surface area (Å²) in [5, 5.41) is 8.31. The molecule has 6 amide bonds. The van der Waals surface area contributed by atoms with E-state index >= 15 is 0 Å². The van der Waals surface area contributed by atoms with E-state index in [2.05, 4.69) is 30.9 Å². The van der Waals surface area contributed by atoms with Crippen molar-refractivity contribution in [2.75, 3.05) is 39.5 Å². The number of aryl methyl sites for hydroxylation is 3. The number of fused-ring (bicyclic) bond motifs is 15. The van der Waals surface area contributed by atoms with Crippen LogP contribution in [0.4, 0.5) is 53.9 Å². The normalized spacial score (nSPS) is 28.2. The molecule has 3 aliphatic carbocycles. The predicted molar refractivity (Wildman–Crippen MR) is 472 cm³/mol. The minimum Gasteiger partial charge on any atom is -0.540 e. The Hall–Kier alpha value is -9.17. The smallest absolute Gasteiger partial charge is 0.422 e. The molecule has 15 rings (SSSR count). The molecule has 3 radical (unpaired) electrons. The molecule has 30 nitrogen and oxygen atoms in total. The van der Waals surface area contributed by atoms with Crippen molar-refractivity contribution in [1.29, 1.82) is 0 Å². The fourth-order valence-electron chi connectivity index (χ4n) is 18.8. The number of aromatic nitrogens is 6. The van der Waals surface area contributed by atoms with Gasteiger partial charge in [-0.3, -0.25) is 14.4 Å². The topological polar surface area (TPSA) is 360 Å². The Morgan fingerprint density at radius 3 is 1.04 bits per heavy atom. The molecule has 3 N–H and O–H groups in total. The Morgan fingerprint density at radius 1 is 0.391 bits per heavy atom. The number of rotatable bonds is 9. The monoisotopic (exact) mass is 2050 g/mol. The number of ether oxygens (including phenoxy) is 9. The van der Waals surface area contributed by atoms with Gasteiger partial charge in [0.1, 0.15) is 88.6 Å². The molecule has 42 heteroatoms. The van der Waals surface area contributed by atoms with Crippen LogP contribution in [0.25, 0.3) is 33.1 Å². The zero-order chi connectivity index (χ0) is 97.8. The third-order valence-electron chi connectivity index (χ3n) is 26.8. The summed E-state index contributed by atoms with van der Waals surface area (Å²) < 4.78 is 166. The third kappa shape index (κ3) is 28.4. The van der Waals surface area contributed by atoms with Crippen molar-refractivity contribution in [3.05, 3.63) is 71.7 Å². The summed E-state index contributed by atoms with van der Waals surface area (Å²) in [5.41, 5.74) is 1.35. The van der Waals surface area contributed by atoms with Crippen LogP contribution in [-0.4, -0.2) is 230 Å². The van der Waals surface area contributed by atoms with E-state index in [1.807, 2.05) is 88.1 Å². The standard InChI is InChI=1S/C33H42F3N4O6.C32H40F3N4O6.C31H38F3N4O6.3V/c1-19-25(17-41)40-16-27(19)45-29-23(37-22-14-13-21(15-24(22)38-29)44-18-33(34,35)36)11-7-5-6-9-20-10-8-12-26(20)46-31(43)39-28(30(40)42)32(2,3)4;1-18-24(16-40)39-15-25(18)44-27-22(36-21-12-11-20(13-23(21)37-27)43-17-32(33,34)35)10-8-6-7-9-19-14-31(19,5)45-29(42)38-26(28(39)41)30(2,3)4;1-17-23(15-39)38-14-25(17)43-27-21(35-20-11-10-19(13-22(20)36-27)42-16-31(32,33)34)9-7-5-6-8-18-12-24(18)44-29(41)37-26(28(38)40)30(2,3)4;;;/h13-15,19-20,25-28H,5-12,16,18H2,1-4H3,(H,39,43);11-13,18-19,24-26H,6-10,14-15,17H2,1-5H3,(H,38,42);10-11,13,17-18,23-26H,5-9,12,14,16H2,1-4H3,(H,37,41);;;/q3*-1;;;/t19-,20+,25+,26+,27-,28+;18-,19+,24+,25-,26+,31+;17-,18+,23+,24+,25-,26+;;;/m000.../s1. The molecular weight excluding hydrogens is 1930 g/mol. The van der Waals surface area contributed by atoms with Crippen molar-refractivity contribution in [2.45, 2.75) is 309 Å². The molecule has 3 saturated carbocycles. The zero-order valence-corrected chi connectivity index (χ0v) is 83.7. The number of carbonyl (C=O) groups is 6. The number of hydrogen-bond donors (Lipinski definition) is 3. The van der Waals surface area contributed by atoms with Gasteiger partial charge in [-0.05, 0) is 179 Å². The fourth-order valence-corrected chi connectivity index (χ4v) is 18.8. The van der Waals surface area contributed by atoms with Crippen LogP contribution in [0.15, 0.2) is 54.6 Å². The first-order valence-electron chi connectivity index (χ1n) is 46.5. The molecule has 3 aromatic heterocycles. The van der Waals surface area contributed by atoms with Crippen molar-refractivity contribution < 1.29 is 181 Å². The van der Waals surface area contributed by atoms with E-state index in [9.17, 15) is 82.7 Å². The van der Waals surface area contributed by atoms with Gasteiger partial charge in [0.25, 0.3) is 0 Å². The summed E-state index contributed by atoms with van der Waals surface area (Å²) in [6, 6.07) is 7.32. The molecule has 138 heavy (non-hydrogen) atoms. The molecule has 3 saturated heterocycles. The van der Waals surface area contributed by atoms with Crippen LogP contribution >= 0.6 is 0 Å². The number of benzene rings is 3. The number of nitrogens with one attached hydrogen (secondary N) is 3. The van der Waals surface area contributed by atoms with Crippen LogP contribution in [0.2, 0.25) is 0 Å². The molecule has 0 spiro atoms. The van der Waals surface area contributed by atoms with Crippen molar-refractivity contribution in [2.24, 2.45) is 51.8 Å². The first-order valence-corrected chi connectivity index (χ1v) is 46.5. The number of amides is 6. The van der Waals surface area contributed by atoms with E-state index in [0.717, 1.165) is 109 Å². The van der Waals surface area contributed by atoms with Crippen LogP contribution in [0.3, 0.4) is 0 Å². The van der Waals surface area contributed by atoms with Crippen molar-refractivity contribution >= 4 is 88.0 Å². The fraction of sp³-hybridized carbons (Fsp3) is 0.656. The van der Waals surface area contributed by atoms with Crippen LogP contribution in [0.1, 0.15) is 216 Å². The predicted octanol–water partition coefficient (Wildman–Crippen LogP) is 15.9. The Labute approximate surface area is 831 Å². The first kappa shape index (κ1) is 111. The summed E-state index contributed by atoms with van der Waals surface area (Å²) in [4.78, 5) is 150. The molecule has 3 aromatic carbocycles. The summed E-state index contributed by atoms with van der Waals surface area (Å²) in [7, 11) is 0. The van der Waals surface area contributed by atoms with Crippen molar-refractivity contribution in [3.8, 4) is 34.9 Å². The minimum absolute atomic E-state index is 0. The number of nitrogens with zero attached hydrogens (tertiary/aromatic N) is 9. The average Bonchev–Trinajstić information content (AvgIpc) is 1.10. The van der Waals surface area contributed by atoms with Gasteiger partial charge in [0, 0.05) is 79.8 Å². The molecule has 753 valence electrons. The van der Waals surface area contributed by atoms with Gasteiger partial charge in [0.15, 0.2) is 19.8 Å². The van der Waals surface area contributed by atoms with Crippen LogP contribution in [0.5, 0.6) is 34.9 Å². The maximum absolute atomic E-state index is 14.0. The molecule has 18 atom stereocenters. The Morgan fingerprint density at radius 2 is 0.710 bits per heavy atom. The molecule has 6 aromatic rings. The number of halogens is 9. The molecular formula is C96H120F9N12O18V3-3. The Balaban J connectivity index is 0.000000211. The van der Waals surface area contributed by atoms with E-state index in [-0.39, 0.29) is 151 Å². The van der Waals surface area contributed by atoms with Crippen molar-refractivity contribution in [1.82, 2.24) is 60.6 Å². The average molecular weight is 2050 g/mol. The number of carbonyl (C=O) groups excluding carboxylic acids is 9. The maximum atomic E-state index is 14.0. The molecule has 6 fully saturated rings. The van der Waals surface area contributed by atoms with Gasteiger partial charge in [0.05, 0.1) is 52.7 Å². The summed E-state index contributed by atoms with van der Waals surface area (Å²) in [6.45, 7) is 19.4. The largest absolute Gasteiger partial charge is 0.540 e. The van der Waals surface area contributed by atoms with E-state index in [1.165, 1.54) is 51.1 Å². The van der Waals surface area contributed by atoms with Crippen molar-refractivity contribution in [3.63, 3.8) is 0 Å². The number of alkyl halides is 9. The molecule has 9 aliphatic rings. The molecule has 0 unspecified atom stereocenters. The van der Waals surface area contributed by atoms with E-state index in [0.29, 0.717) is 58.4 Å². The van der Waals surface area contributed by atoms with Crippen LogP contribution in [-0.2, 0) is 118 Å². The van der Waals surface area contributed by atoms with E-state index in [4.69, 9.17) is 57.6 Å². The van der Waals surface area contributed by atoms with Crippen LogP contribution < -0.4 is 44.4 Å². The van der Waals surface area contributed by atoms with Crippen LogP contribution in [0, 0.1) is 51.8 Å². The van der Waals surface area contributed by atoms with E-state index in [1.54, 1.807) is 39.0 Å². The molecule has 6 aliphatic heterocycles. The summed E-state index contributed by atoms with van der Waals surface area (Å²) in [6.07, 6.45) is 4.37. The second-order valence-electron chi connectivity index (χ2n) is 40.6. The summed E-state index contributed by atoms with van der Waals surface area (Å²) >= 11 is 0. The minimum atomic E-state index is -4.49. The van der Waals surface area contributed by atoms with Gasteiger partial charge >= 0.3 is 36.8 Å². The molecule has 9 heterocycles. The zero-order valence-electron chi connectivity index (χ0n) is 79.5. The quantitative estimate of drug-likeness (QED) is 0.0687. The maximum Gasteiger partial charge on any atom is 0.422 e. The number of hydrogen-bond acceptors (Lipinski definition) is 24. The first-order chi connectivity index (χ1) is 63.5. The second-order valence-corrected chi connectivity index (χ2v) is 40.6. The third-order valence-corrected chi connectivity index (χ3v) is 26.8. The second kappa shape index (κ2) is 45.8.